The van der Waals surface area contributed by atoms with E-state index >= 15 is 0 Å². The Balaban J connectivity index is 2.02. The van der Waals surface area contributed by atoms with Crippen LogP contribution in [0.2, 0.25) is 0 Å². The van der Waals surface area contributed by atoms with Crippen LogP contribution in [0.4, 0.5) is 11.4 Å². The van der Waals surface area contributed by atoms with Crippen LogP contribution in [0.1, 0.15) is 18.5 Å². The number of carbonyl (C=O) groups excluding carboxylic acids is 1. The number of hydrogen-bond donors (Lipinski definition) is 2. The molecule has 0 aliphatic heterocycles. The van der Waals surface area contributed by atoms with Gasteiger partial charge in [0.2, 0.25) is 0 Å². The molecule has 126 valence electrons. The molecular formula is C18H16N4O3. The average Bonchev–Trinajstić information content (AvgIpc) is 2.63. The van der Waals surface area contributed by atoms with E-state index in [1.807, 2.05) is 43.3 Å². The largest absolute Gasteiger partial charge is 0.360 e. The van der Waals surface area contributed by atoms with Crippen LogP contribution >= 0.6 is 0 Å². The minimum Gasteiger partial charge on any atom is -0.360 e. The van der Waals surface area contributed by atoms with Crippen molar-refractivity contribution in [2.24, 2.45) is 0 Å². The summed E-state index contributed by atoms with van der Waals surface area (Å²) in [6, 6.07) is 16.6. The quantitative estimate of drug-likeness (QED) is 0.364. The Hall–Kier alpha value is -3.66. The summed E-state index contributed by atoms with van der Waals surface area (Å²) < 4.78 is 0. The lowest BCUT2D eigenvalue weighted by atomic mass is 10.1. The fraction of sp³-hybridized carbons (Fsp3) is 0.111. The van der Waals surface area contributed by atoms with E-state index in [-0.39, 0.29) is 17.3 Å². The van der Waals surface area contributed by atoms with Crippen LogP contribution in [0, 0.1) is 21.4 Å². The molecule has 0 bridgehead atoms. The number of hydrogen-bond acceptors (Lipinski definition) is 5. The zero-order valence-electron chi connectivity index (χ0n) is 13.5. The van der Waals surface area contributed by atoms with Crippen LogP contribution in [-0.2, 0) is 4.79 Å². The Labute approximate surface area is 144 Å². The molecule has 0 aliphatic rings. The number of anilines is 1. The van der Waals surface area contributed by atoms with Gasteiger partial charge in [-0.15, -0.1) is 0 Å². The number of rotatable bonds is 6. The second kappa shape index (κ2) is 8.26. The molecule has 7 heteroatoms. The fourth-order valence-corrected chi connectivity index (χ4v) is 2.08. The number of carbonyl (C=O) groups is 1. The van der Waals surface area contributed by atoms with E-state index in [9.17, 15) is 14.9 Å². The lowest BCUT2D eigenvalue weighted by Crippen LogP contribution is -2.28. The standard InChI is InChI=1S/C18H16N4O3/c1-13(14-5-3-2-4-6-14)21-18(23)15(11-19)12-20-16-7-9-17(10-8-16)22(24)25/h2-10,12-13,20H,1H3,(H,21,23)/b15-12-. The smallest absolute Gasteiger partial charge is 0.269 e. The van der Waals surface area contributed by atoms with Gasteiger partial charge >= 0.3 is 0 Å². The van der Waals surface area contributed by atoms with Crippen LogP contribution in [0.15, 0.2) is 66.4 Å². The van der Waals surface area contributed by atoms with E-state index in [4.69, 9.17) is 5.26 Å². The molecule has 0 saturated heterocycles. The predicted octanol–water partition coefficient (Wildman–Crippen LogP) is 3.29. The Bertz CT molecular complexity index is 824. The zero-order valence-corrected chi connectivity index (χ0v) is 13.5. The maximum atomic E-state index is 12.2. The van der Waals surface area contributed by atoms with E-state index < -0.39 is 10.8 Å². The summed E-state index contributed by atoms with van der Waals surface area (Å²) in [4.78, 5) is 22.3. The first-order valence-corrected chi connectivity index (χ1v) is 7.48. The number of benzene rings is 2. The molecule has 1 atom stereocenters. The van der Waals surface area contributed by atoms with Crippen LogP contribution in [-0.4, -0.2) is 10.8 Å². The molecule has 0 saturated carbocycles. The number of nitriles is 1. The maximum Gasteiger partial charge on any atom is 0.269 e. The molecule has 0 heterocycles. The van der Waals surface area contributed by atoms with Crippen molar-refractivity contribution in [1.82, 2.24) is 5.32 Å². The summed E-state index contributed by atoms with van der Waals surface area (Å²) in [6.07, 6.45) is 1.27. The summed E-state index contributed by atoms with van der Waals surface area (Å²) in [5.74, 6) is -0.506. The van der Waals surface area contributed by atoms with Crippen molar-refractivity contribution in [3.8, 4) is 6.07 Å². The zero-order chi connectivity index (χ0) is 18.2. The lowest BCUT2D eigenvalue weighted by Gasteiger charge is -2.13. The minimum atomic E-state index is -0.506. The maximum absolute atomic E-state index is 12.2. The third-order valence-electron chi connectivity index (χ3n) is 3.47. The van der Waals surface area contributed by atoms with Gasteiger partial charge in [-0.3, -0.25) is 14.9 Å². The summed E-state index contributed by atoms with van der Waals surface area (Å²) in [5, 5.41) is 25.3. The van der Waals surface area contributed by atoms with Crippen molar-refractivity contribution < 1.29 is 9.72 Å². The van der Waals surface area contributed by atoms with Gasteiger partial charge in [-0.05, 0) is 24.6 Å². The topological polar surface area (TPSA) is 108 Å². The highest BCUT2D eigenvalue weighted by molar-refractivity contribution is 5.97. The lowest BCUT2D eigenvalue weighted by molar-refractivity contribution is -0.384. The number of amides is 1. The van der Waals surface area contributed by atoms with E-state index in [0.29, 0.717) is 5.69 Å². The third kappa shape index (κ3) is 4.91. The molecule has 7 nitrogen and oxygen atoms in total. The molecule has 2 aromatic rings. The monoisotopic (exact) mass is 336 g/mol. The number of nitrogens with one attached hydrogen (secondary N) is 2. The first kappa shape index (κ1) is 17.7. The second-order valence-electron chi connectivity index (χ2n) is 5.22. The van der Waals surface area contributed by atoms with Gasteiger partial charge in [-0.25, -0.2) is 0 Å². The molecule has 1 unspecified atom stereocenters. The molecule has 2 N–H and O–H groups in total. The van der Waals surface area contributed by atoms with Crippen LogP contribution in [0.3, 0.4) is 0 Å². The highest BCUT2D eigenvalue weighted by Gasteiger charge is 2.13. The molecule has 0 spiro atoms. The van der Waals surface area contributed by atoms with Gasteiger partial charge in [0.15, 0.2) is 0 Å². The Morgan fingerprint density at radius 1 is 1.20 bits per heavy atom. The number of nitro groups is 1. The number of non-ortho nitro benzene ring substituents is 1. The van der Waals surface area contributed by atoms with Crippen LogP contribution in [0.25, 0.3) is 0 Å². The van der Waals surface area contributed by atoms with Crippen LogP contribution < -0.4 is 10.6 Å². The first-order valence-electron chi connectivity index (χ1n) is 7.48. The fourth-order valence-electron chi connectivity index (χ4n) is 2.08. The SMILES string of the molecule is CC(NC(=O)/C(C#N)=C\Nc1ccc([N+](=O)[O-])cc1)c1ccccc1. The van der Waals surface area contributed by atoms with E-state index in [1.165, 1.54) is 30.5 Å². The highest BCUT2D eigenvalue weighted by atomic mass is 16.6. The minimum absolute atomic E-state index is 0.0375. The van der Waals surface area contributed by atoms with Crippen molar-refractivity contribution in [2.75, 3.05) is 5.32 Å². The van der Waals surface area contributed by atoms with E-state index in [0.717, 1.165) is 5.56 Å². The molecule has 25 heavy (non-hydrogen) atoms. The summed E-state index contributed by atoms with van der Waals surface area (Å²) in [7, 11) is 0. The van der Waals surface area contributed by atoms with Crippen molar-refractivity contribution in [2.45, 2.75) is 13.0 Å². The number of nitro benzene ring substituents is 1. The van der Waals surface area contributed by atoms with Gasteiger partial charge < -0.3 is 10.6 Å². The molecule has 1 amide bonds. The third-order valence-corrected chi connectivity index (χ3v) is 3.47. The second-order valence-corrected chi connectivity index (χ2v) is 5.22. The van der Waals surface area contributed by atoms with Crippen molar-refractivity contribution in [3.63, 3.8) is 0 Å². The molecule has 0 fully saturated rings. The average molecular weight is 336 g/mol. The molecule has 0 aromatic heterocycles. The Kier molecular flexibility index (Phi) is 5.85. The van der Waals surface area contributed by atoms with Crippen molar-refractivity contribution in [1.29, 1.82) is 5.26 Å². The van der Waals surface area contributed by atoms with Gasteiger partial charge in [-0.1, -0.05) is 30.3 Å². The van der Waals surface area contributed by atoms with Gasteiger partial charge in [0.05, 0.1) is 11.0 Å². The van der Waals surface area contributed by atoms with Crippen LogP contribution in [0.5, 0.6) is 0 Å². The Morgan fingerprint density at radius 3 is 2.40 bits per heavy atom. The van der Waals surface area contributed by atoms with Gasteiger partial charge in [-0.2, -0.15) is 5.26 Å². The van der Waals surface area contributed by atoms with Gasteiger partial charge in [0, 0.05) is 24.0 Å². The van der Waals surface area contributed by atoms with Gasteiger partial charge in [0.25, 0.3) is 11.6 Å². The highest BCUT2D eigenvalue weighted by Crippen LogP contribution is 2.16. The molecule has 0 radical (unpaired) electrons. The Morgan fingerprint density at radius 2 is 1.84 bits per heavy atom. The summed E-state index contributed by atoms with van der Waals surface area (Å²) >= 11 is 0. The number of nitrogens with zero attached hydrogens (tertiary/aromatic N) is 2. The summed E-state index contributed by atoms with van der Waals surface area (Å²) in [6.45, 7) is 1.83. The normalized spacial score (nSPS) is 11.9. The molecule has 2 aromatic carbocycles. The van der Waals surface area contributed by atoms with E-state index in [1.54, 1.807) is 0 Å². The molecule has 2 rings (SSSR count). The summed E-state index contributed by atoms with van der Waals surface area (Å²) in [5.41, 5.74) is 1.32. The predicted molar refractivity (Wildman–Crippen MR) is 93.4 cm³/mol. The first-order chi connectivity index (χ1) is 12.0. The van der Waals surface area contributed by atoms with E-state index in [2.05, 4.69) is 10.6 Å². The van der Waals surface area contributed by atoms with Gasteiger partial charge in [0.1, 0.15) is 11.6 Å². The van der Waals surface area contributed by atoms with Crippen molar-refractivity contribution in [3.05, 3.63) is 82.0 Å². The molecular weight excluding hydrogens is 320 g/mol. The molecule has 0 aliphatic carbocycles. The van der Waals surface area contributed by atoms with Crippen molar-refractivity contribution >= 4 is 17.3 Å².